The fourth-order valence-corrected chi connectivity index (χ4v) is 4.86. The lowest BCUT2D eigenvalue weighted by molar-refractivity contribution is -0.0208. The Kier molecular flexibility index (Phi) is 4.79. The first-order valence-electron chi connectivity index (χ1n) is 7.70. The average molecular weight is 303 g/mol. The van der Waals surface area contributed by atoms with Gasteiger partial charge in [0, 0.05) is 38.3 Å². The van der Waals surface area contributed by atoms with Gasteiger partial charge in [-0.1, -0.05) is 20.3 Å². The predicted molar refractivity (Wildman–Crippen MR) is 82.0 cm³/mol. The zero-order valence-electron chi connectivity index (χ0n) is 13.0. The van der Waals surface area contributed by atoms with E-state index in [9.17, 15) is 8.42 Å². The van der Waals surface area contributed by atoms with E-state index in [1.54, 1.807) is 4.31 Å². The van der Waals surface area contributed by atoms with Crippen molar-refractivity contribution in [2.75, 3.05) is 39.0 Å². The lowest BCUT2D eigenvalue weighted by atomic mass is 9.68. The van der Waals surface area contributed by atoms with Crippen LogP contribution in [0, 0.1) is 11.8 Å². The summed E-state index contributed by atoms with van der Waals surface area (Å²) in [7, 11) is -3.06. The Hall–Kier alpha value is -0.170. The molecule has 0 aromatic rings. The van der Waals surface area contributed by atoms with Crippen LogP contribution in [-0.4, -0.2) is 62.1 Å². The zero-order valence-corrected chi connectivity index (χ0v) is 13.8. The van der Waals surface area contributed by atoms with Gasteiger partial charge in [-0.2, -0.15) is 4.31 Å². The fraction of sp³-hybridized carbons (Fsp3) is 1.00. The molecule has 0 bridgehead atoms. The van der Waals surface area contributed by atoms with Crippen molar-refractivity contribution in [3.05, 3.63) is 0 Å². The molecule has 1 aliphatic heterocycles. The quantitative estimate of drug-likeness (QED) is 0.834. The summed E-state index contributed by atoms with van der Waals surface area (Å²) < 4.78 is 24.8. The van der Waals surface area contributed by atoms with Crippen molar-refractivity contribution in [2.24, 2.45) is 17.6 Å². The molecule has 2 rings (SSSR count). The normalized spacial score (nSPS) is 38.0. The van der Waals surface area contributed by atoms with Gasteiger partial charge in [0.25, 0.3) is 0 Å². The third-order valence-corrected chi connectivity index (χ3v) is 6.71. The topological polar surface area (TPSA) is 66.6 Å². The van der Waals surface area contributed by atoms with E-state index >= 15 is 0 Å². The molecule has 3 unspecified atom stereocenters. The van der Waals surface area contributed by atoms with Crippen LogP contribution in [-0.2, 0) is 10.0 Å². The minimum Gasteiger partial charge on any atom is -0.329 e. The highest BCUT2D eigenvalue weighted by Gasteiger charge is 2.45. The molecular weight excluding hydrogens is 274 g/mol. The lowest BCUT2D eigenvalue weighted by Gasteiger charge is -2.53. The molecule has 1 saturated heterocycles. The molecule has 20 heavy (non-hydrogen) atoms. The Balaban J connectivity index is 2.10. The van der Waals surface area contributed by atoms with Crippen molar-refractivity contribution in [1.29, 1.82) is 0 Å². The summed E-state index contributed by atoms with van der Waals surface area (Å²) in [5.74, 6) is 1.30. The fourth-order valence-electron chi connectivity index (χ4n) is 4.03. The van der Waals surface area contributed by atoms with Crippen molar-refractivity contribution in [2.45, 2.75) is 38.6 Å². The summed E-state index contributed by atoms with van der Waals surface area (Å²) in [6, 6.07) is 0. The Labute approximate surface area is 123 Å². The number of piperazine rings is 1. The monoisotopic (exact) mass is 303 g/mol. The van der Waals surface area contributed by atoms with E-state index in [0.717, 1.165) is 19.5 Å². The third kappa shape index (κ3) is 3.03. The van der Waals surface area contributed by atoms with Crippen LogP contribution in [0.15, 0.2) is 0 Å². The number of nitrogens with two attached hydrogens (primary N) is 1. The molecule has 0 aromatic carbocycles. The van der Waals surface area contributed by atoms with E-state index in [-0.39, 0.29) is 5.54 Å². The molecule has 0 spiro atoms. The van der Waals surface area contributed by atoms with Gasteiger partial charge in [-0.25, -0.2) is 8.42 Å². The van der Waals surface area contributed by atoms with E-state index in [4.69, 9.17) is 5.73 Å². The summed E-state index contributed by atoms with van der Waals surface area (Å²) in [5, 5.41) is 0. The Morgan fingerprint density at radius 1 is 1.15 bits per heavy atom. The first kappa shape index (κ1) is 16.2. The van der Waals surface area contributed by atoms with Crippen LogP contribution in [0.1, 0.15) is 33.1 Å². The minimum absolute atomic E-state index is 0.0707. The van der Waals surface area contributed by atoms with Crippen LogP contribution in [0.2, 0.25) is 0 Å². The van der Waals surface area contributed by atoms with E-state index in [0.29, 0.717) is 31.5 Å². The van der Waals surface area contributed by atoms with Crippen molar-refractivity contribution in [1.82, 2.24) is 9.21 Å². The summed E-state index contributed by atoms with van der Waals surface area (Å²) in [4.78, 5) is 2.47. The Morgan fingerprint density at radius 3 is 2.25 bits per heavy atom. The van der Waals surface area contributed by atoms with Gasteiger partial charge in [0.05, 0.1) is 6.26 Å². The molecule has 1 heterocycles. The SMILES string of the molecule is CC1CCC(C)C(CN)(N2CCN(S(C)(=O)=O)CC2)C1. The number of sulfonamides is 1. The van der Waals surface area contributed by atoms with Crippen molar-refractivity contribution >= 4 is 10.0 Å². The van der Waals surface area contributed by atoms with Gasteiger partial charge in [0.15, 0.2) is 0 Å². The largest absolute Gasteiger partial charge is 0.329 e. The second kappa shape index (κ2) is 5.91. The minimum atomic E-state index is -3.06. The number of hydrogen-bond acceptors (Lipinski definition) is 4. The second-order valence-electron chi connectivity index (χ2n) is 6.74. The van der Waals surface area contributed by atoms with Gasteiger partial charge in [-0.3, -0.25) is 4.90 Å². The summed E-state index contributed by atoms with van der Waals surface area (Å²) in [6.07, 6.45) is 4.95. The Morgan fingerprint density at radius 2 is 1.75 bits per heavy atom. The summed E-state index contributed by atoms with van der Waals surface area (Å²) >= 11 is 0. The van der Waals surface area contributed by atoms with Gasteiger partial charge < -0.3 is 5.73 Å². The maximum Gasteiger partial charge on any atom is 0.211 e. The van der Waals surface area contributed by atoms with Gasteiger partial charge in [0.2, 0.25) is 10.0 Å². The molecule has 1 aliphatic carbocycles. The molecular formula is C14H29N3O2S. The van der Waals surface area contributed by atoms with Crippen molar-refractivity contribution in [3.63, 3.8) is 0 Å². The molecule has 118 valence electrons. The van der Waals surface area contributed by atoms with E-state index in [2.05, 4.69) is 18.7 Å². The van der Waals surface area contributed by atoms with Crippen LogP contribution < -0.4 is 5.73 Å². The molecule has 0 amide bonds. The van der Waals surface area contributed by atoms with Gasteiger partial charge in [0.1, 0.15) is 0 Å². The first-order chi connectivity index (χ1) is 9.29. The molecule has 0 aromatic heterocycles. The molecule has 2 fully saturated rings. The van der Waals surface area contributed by atoms with E-state index in [1.165, 1.54) is 19.1 Å². The summed E-state index contributed by atoms with van der Waals surface area (Å²) in [5.41, 5.74) is 6.24. The molecule has 2 aliphatic rings. The highest BCUT2D eigenvalue weighted by Crippen LogP contribution is 2.40. The predicted octanol–water partition coefficient (Wildman–Crippen LogP) is 0.717. The smallest absolute Gasteiger partial charge is 0.211 e. The molecule has 2 N–H and O–H groups in total. The van der Waals surface area contributed by atoms with Crippen LogP contribution in [0.4, 0.5) is 0 Å². The van der Waals surface area contributed by atoms with Crippen LogP contribution in [0.3, 0.4) is 0 Å². The van der Waals surface area contributed by atoms with Crippen LogP contribution in [0.5, 0.6) is 0 Å². The molecule has 1 saturated carbocycles. The standard InChI is InChI=1S/C14H29N3O2S/c1-12-4-5-13(2)14(10-12,11-15)16-6-8-17(9-7-16)20(3,18)19/h12-13H,4-11,15H2,1-3H3. The third-order valence-electron chi connectivity index (χ3n) is 5.40. The Bertz CT molecular complexity index is 432. The molecule has 3 atom stereocenters. The van der Waals surface area contributed by atoms with Gasteiger partial charge >= 0.3 is 0 Å². The van der Waals surface area contributed by atoms with Crippen LogP contribution in [0.25, 0.3) is 0 Å². The van der Waals surface area contributed by atoms with Crippen molar-refractivity contribution in [3.8, 4) is 0 Å². The first-order valence-corrected chi connectivity index (χ1v) is 9.54. The highest BCUT2D eigenvalue weighted by atomic mass is 32.2. The highest BCUT2D eigenvalue weighted by molar-refractivity contribution is 7.88. The maximum absolute atomic E-state index is 11.6. The van der Waals surface area contributed by atoms with Gasteiger partial charge in [-0.05, 0) is 24.7 Å². The second-order valence-corrected chi connectivity index (χ2v) is 8.73. The number of rotatable bonds is 3. The molecule has 6 heteroatoms. The van der Waals surface area contributed by atoms with E-state index < -0.39 is 10.0 Å². The molecule has 0 radical (unpaired) electrons. The summed E-state index contributed by atoms with van der Waals surface area (Å²) in [6.45, 7) is 8.11. The van der Waals surface area contributed by atoms with E-state index in [1.807, 2.05) is 0 Å². The maximum atomic E-state index is 11.6. The lowest BCUT2D eigenvalue weighted by Crippen LogP contribution is -2.65. The zero-order chi connectivity index (χ0) is 15.0. The molecule has 5 nitrogen and oxygen atoms in total. The average Bonchev–Trinajstić information content (AvgIpc) is 2.41. The number of nitrogens with zero attached hydrogens (tertiary/aromatic N) is 2. The van der Waals surface area contributed by atoms with Crippen molar-refractivity contribution < 1.29 is 8.42 Å². The number of hydrogen-bond donors (Lipinski definition) is 1. The van der Waals surface area contributed by atoms with Crippen LogP contribution >= 0.6 is 0 Å². The van der Waals surface area contributed by atoms with Gasteiger partial charge in [-0.15, -0.1) is 0 Å².